The first-order valence-electron chi connectivity index (χ1n) is 7.35. The Balaban J connectivity index is 2.05. The number of halogens is 2. The minimum absolute atomic E-state index is 0.352. The van der Waals surface area contributed by atoms with E-state index in [4.69, 9.17) is 0 Å². The van der Waals surface area contributed by atoms with Crippen molar-refractivity contribution in [3.05, 3.63) is 47.3 Å². The lowest BCUT2D eigenvalue weighted by atomic mass is 10.1. The Bertz CT molecular complexity index is 895. The van der Waals surface area contributed by atoms with Gasteiger partial charge in [0.05, 0.1) is 23.1 Å². The molecule has 1 aromatic carbocycles. The molecule has 0 saturated heterocycles. The Morgan fingerprint density at radius 1 is 1.09 bits per heavy atom. The van der Waals surface area contributed by atoms with Crippen LogP contribution in [0.25, 0.3) is 22.2 Å². The fourth-order valence-electron chi connectivity index (χ4n) is 2.95. The number of rotatable bonds is 2. The Morgan fingerprint density at radius 3 is 2.55 bits per heavy atom. The quantitative estimate of drug-likeness (QED) is 0.705. The molecule has 112 valence electrons. The lowest BCUT2D eigenvalue weighted by molar-refractivity contribution is 0.510. The van der Waals surface area contributed by atoms with Crippen molar-refractivity contribution < 1.29 is 8.78 Å². The van der Waals surface area contributed by atoms with Gasteiger partial charge in [0.2, 0.25) is 0 Å². The van der Waals surface area contributed by atoms with Crippen LogP contribution in [0, 0.1) is 25.5 Å². The van der Waals surface area contributed by atoms with E-state index in [0.29, 0.717) is 6.04 Å². The maximum Gasteiger partial charge on any atom is 0.160 e. The van der Waals surface area contributed by atoms with E-state index in [9.17, 15) is 8.78 Å². The molecule has 2 heterocycles. The van der Waals surface area contributed by atoms with Gasteiger partial charge in [-0.1, -0.05) is 0 Å². The fourth-order valence-corrected chi connectivity index (χ4v) is 2.95. The third kappa shape index (κ3) is 1.92. The molecule has 0 spiro atoms. The van der Waals surface area contributed by atoms with Gasteiger partial charge in [0.1, 0.15) is 0 Å². The van der Waals surface area contributed by atoms with Crippen LogP contribution in [0.3, 0.4) is 0 Å². The Kier molecular flexibility index (Phi) is 2.79. The van der Waals surface area contributed by atoms with Gasteiger partial charge in [0.15, 0.2) is 11.6 Å². The number of hydrogen-bond acceptors (Lipinski definition) is 2. The van der Waals surface area contributed by atoms with E-state index in [1.54, 1.807) is 6.20 Å². The highest BCUT2D eigenvalue weighted by Gasteiger charge is 2.29. The summed E-state index contributed by atoms with van der Waals surface area (Å²) in [5.74, 6) is -1.62. The Morgan fingerprint density at radius 2 is 1.82 bits per heavy atom. The van der Waals surface area contributed by atoms with Gasteiger partial charge in [-0.15, -0.1) is 0 Å². The zero-order valence-electron chi connectivity index (χ0n) is 12.4. The van der Waals surface area contributed by atoms with Crippen molar-refractivity contribution in [1.82, 2.24) is 14.8 Å². The second kappa shape index (κ2) is 4.60. The molecule has 1 aliphatic carbocycles. The molecule has 0 atom stereocenters. The van der Waals surface area contributed by atoms with Crippen molar-refractivity contribution in [3.8, 4) is 11.3 Å². The van der Waals surface area contributed by atoms with Crippen LogP contribution in [0.1, 0.15) is 30.1 Å². The summed E-state index contributed by atoms with van der Waals surface area (Å²) in [5, 5.41) is 8.81. The average Bonchev–Trinajstić information content (AvgIpc) is 3.25. The Labute approximate surface area is 126 Å². The van der Waals surface area contributed by atoms with Crippen LogP contribution in [0.4, 0.5) is 8.78 Å². The average molecular weight is 299 g/mol. The molecule has 22 heavy (non-hydrogen) atoms. The van der Waals surface area contributed by atoms with Crippen molar-refractivity contribution >= 4 is 10.9 Å². The summed E-state index contributed by atoms with van der Waals surface area (Å²) in [5.41, 5.74) is 4.57. The highest BCUT2D eigenvalue weighted by Crippen LogP contribution is 2.43. The van der Waals surface area contributed by atoms with Gasteiger partial charge in [-0.25, -0.2) is 8.78 Å². The molecule has 0 amide bonds. The molecule has 2 aromatic heterocycles. The smallest absolute Gasteiger partial charge is 0.160 e. The zero-order valence-corrected chi connectivity index (χ0v) is 12.4. The number of hydrogen-bond donors (Lipinski definition) is 0. The van der Waals surface area contributed by atoms with Gasteiger partial charge in [-0.3, -0.25) is 0 Å². The maximum absolute atomic E-state index is 13.7. The van der Waals surface area contributed by atoms with Crippen LogP contribution in [-0.2, 0) is 0 Å². The molecule has 0 radical (unpaired) electrons. The first-order valence-corrected chi connectivity index (χ1v) is 7.35. The van der Waals surface area contributed by atoms with Crippen molar-refractivity contribution in [1.29, 1.82) is 0 Å². The summed E-state index contributed by atoms with van der Waals surface area (Å²) in [6.07, 6.45) is 3.85. The normalized spacial score (nSPS) is 14.7. The van der Waals surface area contributed by atoms with Crippen LogP contribution >= 0.6 is 0 Å². The molecular weight excluding hydrogens is 284 g/mol. The number of benzene rings is 1. The molecule has 4 rings (SSSR count). The standard InChI is InChI=1S/C17H15F2N3/c1-9-10(2)21-20-8-13(9)17-6-11-5-14(18)15(19)7-16(11)22(17)12-3-4-12/h5-8,12H,3-4H2,1-2H3. The maximum atomic E-state index is 13.7. The van der Waals surface area contributed by atoms with Crippen molar-refractivity contribution in [2.45, 2.75) is 32.7 Å². The molecule has 0 bridgehead atoms. The number of aryl methyl sites for hydroxylation is 1. The second-order valence-corrected chi connectivity index (χ2v) is 5.92. The highest BCUT2D eigenvalue weighted by molar-refractivity contribution is 5.88. The van der Waals surface area contributed by atoms with Crippen molar-refractivity contribution in [2.75, 3.05) is 0 Å². The molecule has 3 nitrogen and oxygen atoms in total. The summed E-state index contributed by atoms with van der Waals surface area (Å²) in [6, 6.07) is 4.83. The van der Waals surface area contributed by atoms with Crippen molar-refractivity contribution in [3.63, 3.8) is 0 Å². The second-order valence-electron chi connectivity index (χ2n) is 5.92. The van der Waals surface area contributed by atoms with E-state index in [1.807, 2.05) is 19.9 Å². The van der Waals surface area contributed by atoms with E-state index in [0.717, 1.165) is 46.3 Å². The third-order valence-corrected chi connectivity index (χ3v) is 4.41. The molecule has 3 aromatic rings. The van der Waals surface area contributed by atoms with E-state index in [1.165, 1.54) is 12.1 Å². The molecule has 0 unspecified atom stereocenters. The van der Waals surface area contributed by atoms with Crippen molar-refractivity contribution in [2.24, 2.45) is 0 Å². The monoisotopic (exact) mass is 299 g/mol. The van der Waals surface area contributed by atoms with Gasteiger partial charge >= 0.3 is 0 Å². The topological polar surface area (TPSA) is 30.7 Å². The van der Waals surface area contributed by atoms with Gasteiger partial charge in [0, 0.05) is 23.1 Å². The van der Waals surface area contributed by atoms with Crippen LogP contribution in [0.2, 0.25) is 0 Å². The summed E-state index contributed by atoms with van der Waals surface area (Å²) in [7, 11) is 0. The Hall–Kier alpha value is -2.30. The molecule has 0 aliphatic heterocycles. The van der Waals surface area contributed by atoms with E-state index >= 15 is 0 Å². The lowest BCUT2D eigenvalue weighted by Crippen LogP contribution is -2.01. The molecule has 1 fully saturated rings. The van der Waals surface area contributed by atoms with Gasteiger partial charge < -0.3 is 4.57 Å². The number of fused-ring (bicyclic) bond motifs is 1. The molecule has 1 aliphatic rings. The largest absolute Gasteiger partial charge is 0.337 e. The molecular formula is C17H15F2N3. The van der Waals surface area contributed by atoms with Gasteiger partial charge in [-0.05, 0) is 44.4 Å². The van der Waals surface area contributed by atoms with E-state index in [-0.39, 0.29) is 0 Å². The summed E-state index contributed by atoms with van der Waals surface area (Å²) >= 11 is 0. The van der Waals surface area contributed by atoms with Crippen LogP contribution < -0.4 is 0 Å². The first kappa shape index (κ1) is 13.4. The predicted octanol–water partition coefficient (Wildman–Crippen LogP) is 4.33. The van der Waals surface area contributed by atoms with E-state index in [2.05, 4.69) is 14.8 Å². The van der Waals surface area contributed by atoms with Gasteiger partial charge in [0.25, 0.3) is 0 Å². The summed E-state index contributed by atoms with van der Waals surface area (Å²) in [4.78, 5) is 0. The lowest BCUT2D eigenvalue weighted by Gasteiger charge is -2.12. The van der Waals surface area contributed by atoms with Gasteiger partial charge in [-0.2, -0.15) is 10.2 Å². The predicted molar refractivity (Wildman–Crippen MR) is 80.6 cm³/mol. The highest BCUT2D eigenvalue weighted by atomic mass is 19.2. The summed E-state index contributed by atoms with van der Waals surface area (Å²) in [6.45, 7) is 3.91. The minimum atomic E-state index is -0.812. The molecule has 0 N–H and O–H groups in total. The minimum Gasteiger partial charge on any atom is -0.337 e. The van der Waals surface area contributed by atoms with Crippen LogP contribution in [0.5, 0.6) is 0 Å². The third-order valence-electron chi connectivity index (χ3n) is 4.41. The molecule has 5 heteroatoms. The number of aromatic nitrogens is 3. The SMILES string of the molecule is Cc1nncc(-c2cc3cc(F)c(F)cc3n2C2CC2)c1C. The van der Waals surface area contributed by atoms with Crippen LogP contribution in [0.15, 0.2) is 24.4 Å². The first-order chi connectivity index (χ1) is 10.6. The summed E-state index contributed by atoms with van der Waals surface area (Å²) < 4.78 is 29.3. The van der Waals surface area contributed by atoms with E-state index < -0.39 is 11.6 Å². The fraction of sp³-hybridized carbons (Fsp3) is 0.294. The van der Waals surface area contributed by atoms with Crippen LogP contribution in [-0.4, -0.2) is 14.8 Å². The molecule has 1 saturated carbocycles. The number of nitrogens with zero attached hydrogens (tertiary/aromatic N) is 3. The zero-order chi connectivity index (χ0) is 15.4.